The number of carbonyl (C=O) groups is 2. The number of amides is 2. The number of nitrogens with one attached hydrogen (secondary N) is 1. The molecule has 1 heterocycles. The predicted octanol–water partition coefficient (Wildman–Crippen LogP) is 5.28. The number of halogens is 1. The summed E-state index contributed by atoms with van der Waals surface area (Å²) in [7, 11) is 6.12. The van der Waals surface area contributed by atoms with Crippen LogP contribution in [-0.2, 0) is 11.3 Å². The highest BCUT2D eigenvalue weighted by atomic mass is 19.1. The molecule has 1 aliphatic carbocycles. The van der Waals surface area contributed by atoms with Crippen molar-refractivity contribution in [1.82, 2.24) is 15.2 Å². The fourth-order valence-corrected chi connectivity index (χ4v) is 4.74. The van der Waals surface area contributed by atoms with Crippen molar-refractivity contribution in [3.8, 4) is 17.2 Å². The van der Waals surface area contributed by atoms with Gasteiger partial charge in [-0.05, 0) is 70.5 Å². The van der Waals surface area contributed by atoms with E-state index >= 15 is 0 Å². The van der Waals surface area contributed by atoms with Gasteiger partial charge in [0, 0.05) is 26.7 Å². The number of benzene rings is 2. The summed E-state index contributed by atoms with van der Waals surface area (Å²) in [6, 6.07) is 13.7. The first-order chi connectivity index (χ1) is 18.7. The van der Waals surface area contributed by atoms with Gasteiger partial charge < -0.3 is 24.4 Å². The van der Waals surface area contributed by atoms with Crippen molar-refractivity contribution in [2.75, 3.05) is 28.3 Å². The van der Waals surface area contributed by atoms with Crippen LogP contribution < -0.4 is 19.5 Å². The second-order valence-corrected chi connectivity index (χ2v) is 9.55. The zero-order valence-electron chi connectivity index (χ0n) is 22.7. The highest BCUT2D eigenvalue weighted by Gasteiger charge is 2.35. The summed E-state index contributed by atoms with van der Waals surface area (Å²) in [6.07, 6.45) is 3.28. The summed E-state index contributed by atoms with van der Waals surface area (Å²) in [5.74, 6) is 0.0465. The van der Waals surface area contributed by atoms with E-state index in [4.69, 9.17) is 14.2 Å². The molecular formula is C30H32FN3O5. The number of methoxy groups -OCH3 is 2. The van der Waals surface area contributed by atoms with Gasteiger partial charge in [0.1, 0.15) is 5.82 Å². The van der Waals surface area contributed by atoms with E-state index in [0.717, 1.165) is 28.0 Å². The Morgan fingerprint density at radius 2 is 1.79 bits per heavy atom. The van der Waals surface area contributed by atoms with Gasteiger partial charge in [0.15, 0.2) is 11.5 Å². The molecule has 0 spiro atoms. The van der Waals surface area contributed by atoms with Crippen LogP contribution in [0.15, 0.2) is 54.7 Å². The molecule has 0 radical (unpaired) electrons. The normalized spacial score (nSPS) is 16.9. The Kier molecular flexibility index (Phi) is 8.49. The first kappa shape index (κ1) is 27.6. The van der Waals surface area contributed by atoms with Crippen molar-refractivity contribution in [3.05, 3.63) is 82.9 Å². The number of ether oxygens (including phenoxy) is 3. The van der Waals surface area contributed by atoms with Crippen LogP contribution in [-0.4, -0.2) is 50.2 Å². The molecule has 0 aliphatic heterocycles. The minimum absolute atomic E-state index is 0.0781. The van der Waals surface area contributed by atoms with Gasteiger partial charge in [-0.1, -0.05) is 25.1 Å². The Hall–Kier alpha value is -4.40. The van der Waals surface area contributed by atoms with Gasteiger partial charge in [-0.25, -0.2) is 9.18 Å². The van der Waals surface area contributed by atoms with Gasteiger partial charge in [-0.3, -0.25) is 9.78 Å². The van der Waals surface area contributed by atoms with Gasteiger partial charge in [0.25, 0.3) is 0 Å². The lowest BCUT2D eigenvalue weighted by Crippen LogP contribution is -2.25. The zero-order valence-corrected chi connectivity index (χ0v) is 22.7. The van der Waals surface area contributed by atoms with Gasteiger partial charge >= 0.3 is 6.09 Å². The van der Waals surface area contributed by atoms with E-state index in [1.54, 1.807) is 38.5 Å². The van der Waals surface area contributed by atoms with E-state index < -0.39 is 6.09 Å². The van der Waals surface area contributed by atoms with Crippen LogP contribution in [0.5, 0.6) is 17.2 Å². The van der Waals surface area contributed by atoms with Crippen molar-refractivity contribution in [2.24, 2.45) is 5.92 Å². The van der Waals surface area contributed by atoms with E-state index in [1.807, 2.05) is 31.2 Å². The Bertz CT molecular complexity index is 1370. The minimum atomic E-state index is -0.567. The third-order valence-electron chi connectivity index (χ3n) is 6.78. The van der Waals surface area contributed by atoms with Crippen LogP contribution >= 0.6 is 0 Å². The molecule has 1 aliphatic rings. The SMILES string of the molecule is COc1cc(/C=C2\c3ccc(F)cc3C(CC(=O)NCc3ccccn3)C2C)cc(OC)c1OC(=O)N(C)C. The number of fused-ring (bicyclic) bond motifs is 1. The highest BCUT2D eigenvalue weighted by Crippen LogP contribution is 2.49. The molecule has 204 valence electrons. The maximum atomic E-state index is 14.3. The molecule has 2 unspecified atom stereocenters. The van der Waals surface area contributed by atoms with E-state index in [2.05, 4.69) is 10.3 Å². The number of nitrogens with zero attached hydrogens (tertiary/aromatic N) is 2. The number of rotatable bonds is 8. The average Bonchev–Trinajstić information content (AvgIpc) is 3.17. The Labute approximate surface area is 227 Å². The number of pyridine rings is 1. The zero-order chi connectivity index (χ0) is 28.1. The smallest absolute Gasteiger partial charge is 0.414 e. The molecule has 0 fully saturated rings. The van der Waals surface area contributed by atoms with Crippen LogP contribution in [0.2, 0.25) is 0 Å². The summed E-state index contributed by atoms with van der Waals surface area (Å²) in [4.78, 5) is 30.6. The molecule has 8 nitrogen and oxygen atoms in total. The van der Waals surface area contributed by atoms with Crippen LogP contribution in [0.3, 0.4) is 0 Å². The fourth-order valence-electron chi connectivity index (χ4n) is 4.74. The molecule has 0 saturated carbocycles. The quantitative estimate of drug-likeness (QED) is 0.424. The number of allylic oxidation sites excluding steroid dienone is 1. The molecule has 1 N–H and O–H groups in total. The van der Waals surface area contributed by atoms with Crippen molar-refractivity contribution < 1.29 is 28.2 Å². The van der Waals surface area contributed by atoms with Gasteiger partial charge in [-0.15, -0.1) is 0 Å². The Morgan fingerprint density at radius 3 is 2.41 bits per heavy atom. The van der Waals surface area contributed by atoms with Crippen molar-refractivity contribution in [1.29, 1.82) is 0 Å². The molecule has 9 heteroatoms. The topological polar surface area (TPSA) is 90.0 Å². The summed E-state index contributed by atoms with van der Waals surface area (Å²) in [5, 5.41) is 2.92. The summed E-state index contributed by atoms with van der Waals surface area (Å²) >= 11 is 0. The molecule has 0 bridgehead atoms. The molecule has 4 rings (SSSR count). The standard InChI is InChI=1S/C30H32FN3O5/c1-18-23(12-19-13-26(37-4)29(27(14-19)38-5)39-30(36)34(2)3)22-10-9-20(31)15-25(22)24(18)16-28(35)33-17-21-8-6-7-11-32-21/h6-15,18,24H,16-17H2,1-5H3,(H,33,35)/b23-12-. The summed E-state index contributed by atoms with van der Waals surface area (Å²) < 4.78 is 30.8. The number of hydrogen-bond donors (Lipinski definition) is 1. The number of carbonyl (C=O) groups excluding carboxylic acids is 2. The molecule has 39 heavy (non-hydrogen) atoms. The van der Waals surface area contributed by atoms with Crippen molar-refractivity contribution >= 4 is 23.6 Å². The van der Waals surface area contributed by atoms with Gasteiger partial charge in [-0.2, -0.15) is 0 Å². The second-order valence-electron chi connectivity index (χ2n) is 9.55. The number of hydrogen-bond acceptors (Lipinski definition) is 6. The van der Waals surface area contributed by atoms with Gasteiger partial charge in [0.2, 0.25) is 11.7 Å². The average molecular weight is 534 g/mol. The predicted molar refractivity (Wildman–Crippen MR) is 146 cm³/mol. The Morgan fingerprint density at radius 1 is 1.08 bits per heavy atom. The third kappa shape index (κ3) is 6.19. The maximum absolute atomic E-state index is 14.3. The highest BCUT2D eigenvalue weighted by molar-refractivity contribution is 5.90. The lowest BCUT2D eigenvalue weighted by Gasteiger charge is -2.18. The van der Waals surface area contributed by atoms with Crippen molar-refractivity contribution in [2.45, 2.75) is 25.8 Å². The molecule has 2 atom stereocenters. The van der Waals surface area contributed by atoms with E-state index in [0.29, 0.717) is 18.0 Å². The minimum Gasteiger partial charge on any atom is -0.493 e. The van der Waals surface area contributed by atoms with E-state index in [9.17, 15) is 14.0 Å². The molecule has 3 aromatic rings. The second kappa shape index (κ2) is 12.0. The first-order valence-corrected chi connectivity index (χ1v) is 12.5. The summed E-state index contributed by atoms with van der Waals surface area (Å²) in [6.45, 7) is 2.35. The van der Waals surface area contributed by atoms with E-state index in [1.165, 1.54) is 31.3 Å². The largest absolute Gasteiger partial charge is 0.493 e. The van der Waals surface area contributed by atoms with Crippen LogP contribution in [0, 0.1) is 11.7 Å². The third-order valence-corrected chi connectivity index (χ3v) is 6.78. The first-order valence-electron chi connectivity index (χ1n) is 12.5. The monoisotopic (exact) mass is 533 g/mol. The Balaban J connectivity index is 1.64. The molecule has 0 saturated heterocycles. The van der Waals surface area contributed by atoms with E-state index in [-0.39, 0.29) is 35.7 Å². The molecular weight excluding hydrogens is 501 g/mol. The lowest BCUT2D eigenvalue weighted by molar-refractivity contribution is -0.121. The molecule has 2 aromatic carbocycles. The number of aromatic nitrogens is 1. The summed E-state index contributed by atoms with van der Waals surface area (Å²) in [5.41, 5.74) is 4.13. The fraction of sp³-hybridized carbons (Fsp3) is 0.300. The molecule has 2 amide bonds. The maximum Gasteiger partial charge on any atom is 0.414 e. The lowest BCUT2D eigenvalue weighted by atomic mass is 9.88. The van der Waals surface area contributed by atoms with Gasteiger partial charge in [0.05, 0.1) is 26.5 Å². The van der Waals surface area contributed by atoms with Crippen LogP contribution in [0.1, 0.15) is 41.6 Å². The van der Waals surface area contributed by atoms with Crippen LogP contribution in [0.4, 0.5) is 9.18 Å². The van der Waals surface area contributed by atoms with Crippen LogP contribution in [0.25, 0.3) is 11.6 Å². The molecule has 1 aromatic heterocycles. The van der Waals surface area contributed by atoms with Crippen molar-refractivity contribution in [3.63, 3.8) is 0 Å².